The Balaban J connectivity index is 1.81. The van der Waals surface area contributed by atoms with Crippen LogP contribution >= 0.6 is 0 Å². The standard InChI is InChI=1S/C26H28FO4/c1-18-24(29-2)15-21(16-25(18)30-3)26(28)20(14-19-8-5-4-6-9-19)12-13-31-23-11-7-10-22(27)17-23/h5-11,15-17,20,26,28H,12-14H2,1-3H3/t20-,26?/m0/s1. The van der Waals surface area contributed by atoms with Crippen LogP contribution in [-0.2, 0) is 6.42 Å². The molecule has 1 N–H and O–H groups in total. The fraction of sp³-hybridized carbons (Fsp3) is 0.308. The number of hydrogen-bond acceptors (Lipinski definition) is 4. The van der Waals surface area contributed by atoms with Gasteiger partial charge in [-0.3, -0.25) is 0 Å². The largest absolute Gasteiger partial charge is 0.496 e. The summed E-state index contributed by atoms with van der Waals surface area (Å²) in [6, 6.07) is 20.5. The van der Waals surface area contributed by atoms with Gasteiger partial charge in [-0.05, 0) is 67.1 Å². The molecule has 0 aliphatic carbocycles. The zero-order chi connectivity index (χ0) is 22.2. The van der Waals surface area contributed by atoms with Crippen molar-refractivity contribution in [1.82, 2.24) is 0 Å². The van der Waals surface area contributed by atoms with E-state index in [9.17, 15) is 9.50 Å². The van der Waals surface area contributed by atoms with Crippen molar-refractivity contribution >= 4 is 0 Å². The van der Waals surface area contributed by atoms with Crippen LogP contribution in [-0.4, -0.2) is 25.9 Å². The number of benzene rings is 3. The van der Waals surface area contributed by atoms with E-state index >= 15 is 0 Å². The van der Waals surface area contributed by atoms with Gasteiger partial charge < -0.3 is 19.3 Å². The Hall–Kier alpha value is -3.05. The molecule has 0 aliphatic heterocycles. The molecule has 1 unspecified atom stereocenters. The Kier molecular flexibility index (Phi) is 7.90. The highest BCUT2D eigenvalue weighted by atomic mass is 19.1. The van der Waals surface area contributed by atoms with Gasteiger partial charge in [-0.1, -0.05) is 30.3 Å². The van der Waals surface area contributed by atoms with Crippen LogP contribution in [0.2, 0.25) is 0 Å². The minimum atomic E-state index is -0.760. The Bertz CT molecular complexity index is 949. The molecule has 5 heteroatoms. The van der Waals surface area contributed by atoms with E-state index in [2.05, 4.69) is 6.07 Å². The van der Waals surface area contributed by atoms with Gasteiger partial charge in [0.25, 0.3) is 0 Å². The van der Waals surface area contributed by atoms with Gasteiger partial charge in [-0.25, -0.2) is 4.39 Å². The summed E-state index contributed by atoms with van der Waals surface area (Å²) < 4.78 is 30.1. The maximum absolute atomic E-state index is 13.4. The van der Waals surface area contributed by atoms with Crippen LogP contribution in [0.4, 0.5) is 4.39 Å². The summed E-state index contributed by atoms with van der Waals surface area (Å²) in [5.41, 5.74) is 2.70. The average Bonchev–Trinajstić information content (AvgIpc) is 2.79. The monoisotopic (exact) mass is 423 g/mol. The van der Waals surface area contributed by atoms with E-state index in [1.54, 1.807) is 26.4 Å². The molecule has 0 fully saturated rings. The number of ether oxygens (including phenoxy) is 3. The Morgan fingerprint density at radius 1 is 1.00 bits per heavy atom. The van der Waals surface area contributed by atoms with Crippen LogP contribution in [0.5, 0.6) is 17.2 Å². The Morgan fingerprint density at radius 3 is 2.29 bits per heavy atom. The molecule has 0 aliphatic rings. The van der Waals surface area contributed by atoms with Gasteiger partial charge in [-0.2, -0.15) is 0 Å². The van der Waals surface area contributed by atoms with Gasteiger partial charge in [0.1, 0.15) is 23.1 Å². The fourth-order valence-corrected chi connectivity index (χ4v) is 3.67. The third kappa shape index (κ3) is 5.98. The number of methoxy groups -OCH3 is 2. The topological polar surface area (TPSA) is 47.9 Å². The number of rotatable bonds is 10. The third-order valence-corrected chi connectivity index (χ3v) is 5.40. The molecular formula is C26H28FO4. The molecule has 1 radical (unpaired) electrons. The van der Waals surface area contributed by atoms with Gasteiger partial charge in [-0.15, -0.1) is 0 Å². The zero-order valence-electron chi connectivity index (χ0n) is 18.1. The molecular weight excluding hydrogens is 395 g/mol. The van der Waals surface area contributed by atoms with Gasteiger partial charge >= 0.3 is 0 Å². The van der Waals surface area contributed by atoms with Crippen molar-refractivity contribution in [3.05, 3.63) is 89.2 Å². The maximum atomic E-state index is 13.4. The molecule has 2 atom stereocenters. The molecule has 163 valence electrons. The number of halogens is 1. The predicted octanol–water partition coefficient (Wildman–Crippen LogP) is 5.31. The van der Waals surface area contributed by atoms with Crippen LogP contribution < -0.4 is 14.2 Å². The highest BCUT2D eigenvalue weighted by molar-refractivity contribution is 5.48. The number of aliphatic hydroxyl groups is 1. The first-order valence-corrected chi connectivity index (χ1v) is 10.3. The molecule has 0 saturated heterocycles. The van der Waals surface area contributed by atoms with Crippen molar-refractivity contribution in [2.45, 2.75) is 25.9 Å². The number of hydrogen-bond donors (Lipinski definition) is 1. The highest BCUT2D eigenvalue weighted by Crippen LogP contribution is 2.36. The van der Waals surface area contributed by atoms with Crippen molar-refractivity contribution < 1.29 is 23.7 Å². The summed E-state index contributed by atoms with van der Waals surface area (Å²) in [4.78, 5) is 0. The fourth-order valence-electron chi connectivity index (χ4n) is 3.67. The van der Waals surface area contributed by atoms with E-state index in [1.165, 1.54) is 12.1 Å². The summed E-state index contributed by atoms with van der Waals surface area (Å²) in [6.45, 7) is 2.27. The molecule has 0 aromatic heterocycles. The summed E-state index contributed by atoms with van der Waals surface area (Å²) in [5, 5.41) is 11.3. The second-order valence-corrected chi connectivity index (χ2v) is 7.46. The van der Waals surface area contributed by atoms with Crippen LogP contribution in [0.15, 0.2) is 60.7 Å². The third-order valence-electron chi connectivity index (χ3n) is 5.40. The summed E-state index contributed by atoms with van der Waals surface area (Å²) >= 11 is 0. The summed E-state index contributed by atoms with van der Waals surface area (Å²) in [7, 11) is 3.20. The maximum Gasteiger partial charge on any atom is 0.126 e. The quantitative estimate of drug-likeness (QED) is 0.480. The first kappa shape index (κ1) is 22.6. The van der Waals surface area contributed by atoms with Crippen LogP contribution in [0.3, 0.4) is 0 Å². The lowest BCUT2D eigenvalue weighted by molar-refractivity contribution is 0.0916. The van der Waals surface area contributed by atoms with Gasteiger partial charge in [0, 0.05) is 11.6 Å². The van der Waals surface area contributed by atoms with E-state index in [-0.39, 0.29) is 11.7 Å². The van der Waals surface area contributed by atoms with Crippen molar-refractivity contribution in [1.29, 1.82) is 0 Å². The van der Waals surface area contributed by atoms with Crippen LogP contribution in [0.25, 0.3) is 0 Å². The second kappa shape index (κ2) is 10.8. The molecule has 0 bridgehead atoms. The first-order chi connectivity index (χ1) is 15.0. The smallest absolute Gasteiger partial charge is 0.126 e. The lowest BCUT2D eigenvalue weighted by Gasteiger charge is -2.25. The van der Waals surface area contributed by atoms with E-state index in [0.29, 0.717) is 36.7 Å². The molecule has 0 saturated carbocycles. The van der Waals surface area contributed by atoms with Gasteiger partial charge in [0.05, 0.1) is 26.9 Å². The van der Waals surface area contributed by atoms with Crippen molar-refractivity contribution in [3.8, 4) is 17.2 Å². The van der Waals surface area contributed by atoms with E-state index in [4.69, 9.17) is 14.2 Å². The minimum Gasteiger partial charge on any atom is -0.496 e. The van der Waals surface area contributed by atoms with Crippen LogP contribution in [0.1, 0.15) is 29.2 Å². The Morgan fingerprint density at radius 2 is 1.68 bits per heavy atom. The van der Waals surface area contributed by atoms with Crippen molar-refractivity contribution in [2.75, 3.05) is 20.8 Å². The average molecular weight is 424 g/mol. The van der Waals surface area contributed by atoms with Crippen molar-refractivity contribution in [3.63, 3.8) is 0 Å². The molecule has 3 aromatic carbocycles. The molecule has 3 rings (SSSR count). The molecule has 31 heavy (non-hydrogen) atoms. The van der Waals surface area contributed by atoms with Crippen LogP contribution in [0, 0.1) is 24.7 Å². The molecule has 0 spiro atoms. The summed E-state index contributed by atoms with van der Waals surface area (Å²) in [6.07, 6.45) is 0.471. The minimum absolute atomic E-state index is 0.131. The Labute approximate surface area is 183 Å². The molecule has 0 heterocycles. The highest BCUT2D eigenvalue weighted by Gasteiger charge is 2.24. The summed E-state index contributed by atoms with van der Waals surface area (Å²) in [5.74, 6) is 1.33. The van der Waals surface area contributed by atoms with Gasteiger partial charge in [0.2, 0.25) is 0 Å². The van der Waals surface area contributed by atoms with Crippen molar-refractivity contribution in [2.24, 2.45) is 5.92 Å². The van der Waals surface area contributed by atoms with Gasteiger partial charge in [0.15, 0.2) is 0 Å². The predicted molar refractivity (Wildman–Crippen MR) is 118 cm³/mol. The van der Waals surface area contributed by atoms with E-state index in [0.717, 1.165) is 16.7 Å². The lowest BCUT2D eigenvalue weighted by atomic mass is 9.87. The molecule has 4 nitrogen and oxygen atoms in total. The normalized spacial score (nSPS) is 12.8. The SMILES string of the molecule is COc1cc(C(O)[C@@H](CCOc2cccc(F)c2)Cc2cc[c]cc2)cc(OC)c1C. The first-order valence-electron chi connectivity index (χ1n) is 10.3. The second-order valence-electron chi connectivity index (χ2n) is 7.46. The number of aliphatic hydroxyl groups excluding tert-OH is 1. The van der Waals surface area contributed by atoms with E-state index < -0.39 is 6.10 Å². The molecule has 0 amide bonds. The zero-order valence-corrected chi connectivity index (χ0v) is 18.1. The van der Waals surface area contributed by atoms with E-state index in [1.807, 2.05) is 43.3 Å². The lowest BCUT2D eigenvalue weighted by Crippen LogP contribution is -2.19. The molecule has 3 aromatic rings.